The SMILES string of the molecule is COCCn1cnnc1CN(C)Cc1nccs1. The molecule has 0 aromatic carbocycles. The van der Waals surface area contributed by atoms with E-state index >= 15 is 0 Å². The average molecular weight is 267 g/mol. The van der Waals surface area contributed by atoms with Gasteiger partial charge in [-0.2, -0.15) is 0 Å². The Balaban J connectivity index is 1.90. The van der Waals surface area contributed by atoms with Crippen LogP contribution in [0.4, 0.5) is 0 Å². The monoisotopic (exact) mass is 267 g/mol. The van der Waals surface area contributed by atoms with Crippen molar-refractivity contribution in [3.63, 3.8) is 0 Å². The van der Waals surface area contributed by atoms with Gasteiger partial charge in [-0.25, -0.2) is 4.98 Å². The van der Waals surface area contributed by atoms with Crippen LogP contribution in [0.15, 0.2) is 17.9 Å². The molecule has 0 N–H and O–H groups in total. The highest BCUT2D eigenvalue weighted by Crippen LogP contribution is 2.09. The minimum absolute atomic E-state index is 0.668. The van der Waals surface area contributed by atoms with Gasteiger partial charge in [-0.3, -0.25) is 4.90 Å². The number of nitrogens with zero attached hydrogens (tertiary/aromatic N) is 5. The summed E-state index contributed by atoms with van der Waals surface area (Å²) in [6, 6.07) is 0. The van der Waals surface area contributed by atoms with Gasteiger partial charge in [-0.15, -0.1) is 21.5 Å². The number of hydrogen-bond donors (Lipinski definition) is 0. The van der Waals surface area contributed by atoms with Crippen LogP contribution in [0.5, 0.6) is 0 Å². The summed E-state index contributed by atoms with van der Waals surface area (Å²) in [5.41, 5.74) is 0. The minimum Gasteiger partial charge on any atom is -0.383 e. The van der Waals surface area contributed by atoms with Crippen LogP contribution in [0.1, 0.15) is 10.8 Å². The highest BCUT2D eigenvalue weighted by atomic mass is 32.1. The first-order valence-corrected chi connectivity index (χ1v) is 6.60. The van der Waals surface area contributed by atoms with Crippen LogP contribution in [0, 0.1) is 0 Å². The zero-order valence-corrected chi connectivity index (χ0v) is 11.4. The summed E-state index contributed by atoms with van der Waals surface area (Å²) in [4.78, 5) is 6.44. The molecule has 0 saturated carbocycles. The highest BCUT2D eigenvalue weighted by molar-refractivity contribution is 7.09. The first-order valence-electron chi connectivity index (χ1n) is 5.72. The quantitative estimate of drug-likeness (QED) is 0.749. The van der Waals surface area contributed by atoms with Gasteiger partial charge in [0, 0.05) is 25.2 Å². The average Bonchev–Trinajstić information content (AvgIpc) is 2.98. The molecule has 6 nitrogen and oxygen atoms in total. The van der Waals surface area contributed by atoms with E-state index < -0.39 is 0 Å². The molecule has 0 amide bonds. The maximum atomic E-state index is 5.06. The highest BCUT2D eigenvalue weighted by Gasteiger charge is 2.09. The molecule has 0 aliphatic rings. The third-order valence-electron chi connectivity index (χ3n) is 2.53. The van der Waals surface area contributed by atoms with Crippen molar-refractivity contribution >= 4 is 11.3 Å². The second-order valence-corrected chi connectivity index (χ2v) is 5.01. The van der Waals surface area contributed by atoms with Gasteiger partial charge in [0.1, 0.15) is 17.2 Å². The first kappa shape index (κ1) is 13.1. The third-order valence-corrected chi connectivity index (χ3v) is 3.30. The zero-order valence-electron chi connectivity index (χ0n) is 10.6. The number of rotatable bonds is 7. The normalized spacial score (nSPS) is 11.3. The molecule has 0 aliphatic heterocycles. The third kappa shape index (κ3) is 3.59. The molecule has 7 heteroatoms. The Morgan fingerprint density at radius 3 is 3.06 bits per heavy atom. The van der Waals surface area contributed by atoms with Gasteiger partial charge in [0.25, 0.3) is 0 Å². The largest absolute Gasteiger partial charge is 0.383 e. The molecule has 0 saturated heterocycles. The van der Waals surface area contributed by atoms with Crippen molar-refractivity contribution in [3.05, 3.63) is 28.7 Å². The Kier molecular flexibility index (Phi) is 4.80. The maximum absolute atomic E-state index is 5.06. The molecule has 2 rings (SSSR count). The van der Waals surface area contributed by atoms with Crippen LogP contribution < -0.4 is 0 Å². The van der Waals surface area contributed by atoms with Crippen LogP contribution in [0.25, 0.3) is 0 Å². The van der Waals surface area contributed by atoms with Crippen LogP contribution in [-0.4, -0.2) is 45.4 Å². The van der Waals surface area contributed by atoms with Crippen molar-refractivity contribution in [1.82, 2.24) is 24.6 Å². The van der Waals surface area contributed by atoms with Gasteiger partial charge in [0.05, 0.1) is 19.7 Å². The summed E-state index contributed by atoms with van der Waals surface area (Å²) in [5.74, 6) is 0.950. The van der Waals surface area contributed by atoms with E-state index in [0.29, 0.717) is 6.61 Å². The Hall–Kier alpha value is -1.31. The van der Waals surface area contributed by atoms with E-state index in [-0.39, 0.29) is 0 Å². The molecule has 0 fully saturated rings. The van der Waals surface area contributed by atoms with E-state index in [0.717, 1.165) is 30.5 Å². The molecular weight excluding hydrogens is 250 g/mol. The lowest BCUT2D eigenvalue weighted by Crippen LogP contribution is -2.20. The van der Waals surface area contributed by atoms with Crippen molar-refractivity contribution in [3.8, 4) is 0 Å². The molecule has 18 heavy (non-hydrogen) atoms. The summed E-state index contributed by atoms with van der Waals surface area (Å²) >= 11 is 1.67. The fourth-order valence-electron chi connectivity index (χ4n) is 1.64. The van der Waals surface area contributed by atoms with Crippen LogP contribution in [0.3, 0.4) is 0 Å². The smallest absolute Gasteiger partial charge is 0.147 e. The molecule has 98 valence electrons. The fraction of sp³-hybridized carbons (Fsp3) is 0.545. The molecule has 2 aromatic heterocycles. The van der Waals surface area contributed by atoms with Crippen LogP contribution in [-0.2, 0) is 24.4 Å². The van der Waals surface area contributed by atoms with Crippen molar-refractivity contribution in [1.29, 1.82) is 0 Å². The predicted molar refractivity (Wildman–Crippen MR) is 69.2 cm³/mol. The van der Waals surface area contributed by atoms with Crippen molar-refractivity contribution in [2.45, 2.75) is 19.6 Å². The van der Waals surface area contributed by atoms with Gasteiger partial charge in [-0.05, 0) is 7.05 Å². The second kappa shape index (κ2) is 6.58. The maximum Gasteiger partial charge on any atom is 0.147 e. The molecule has 2 aromatic rings. The van der Waals surface area contributed by atoms with Gasteiger partial charge in [-0.1, -0.05) is 0 Å². The van der Waals surface area contributed by atoms with Gasteiger partial charge >= 0.3 is 0 Å². The van der Waals surface area contributed by atoms with E-state index in [1.807, 2.05) is 16.1 Å². The van der Waals surface area contributed by atoms with Gasteiger partial charge in [0.15, 0.2) is 0 Å². The molecular formula is C11H17N5OS. The van der Waals surface area contributed by atoms with E-state index in [1.54, 1.807) is 24.8 Å². The number of methoxy groups -OCH3 is 1. The Morgan fingerprint density at radius 2 is 2.33 bits per heavy atom. The molecule has 0 spiro atoms. The van der Waals surface area contributed by atoms with Crippen LogP contribution in [0.2, 0.25) is 0 Å². The second-order valence-electron chi connectivity index (χ2n) is 4.03. The summed E-state index contributed by atoms with van der Waals surface area (Å²) < 4.78 is 7.08. The van der Waals surface area contributed by atoms with Crippen molar-refractivity contribution < 1.29 is 4.74 Å². The van der Waals surface area contributed by atoms with Gasteiger partial charge < -0.3 is 9.30 Å². The van der Waals surface area contributed by atoms with Gasteiger partial charge in [0.2, 0.25) is 0 Å². The molecule has 0 atom stereocenters. The minimum atomic E-state index is 0.668. The first-order chi connectivity index (χ1) is 8.79. The molecule has 0 bridgehead atoms. The molecule has 0 aliphatic carbocycles. The Bertz CT molecular complexity index is 456. The lowest BCUT2D eigenvalue weighted by molar-refractivity contribution is 0.184. The summed E-state index contributed by atoms with van der Waals surface area (Å²) in [6.45, 7) is 3.03. The molecule has 0 unspecified atom stereocenters. The Morgan fingerprint density at radius 1 is 1.44 bits per heavy atom. The molecule has 2 heterocycles. The number of hydrogen-bond acceptors (Lipinski definition) is 6. The Labute approximate surface area is 110 Å². The number of thiazole rings is 1. The summed E-state index contributed by atoms with van der Waals surface area (Å²) in [5, 5.41) is 11.2. The summed E-state index contributed by atoms with van der Waals surface area (Å²) in [6.07, 6.45) is 3.57. The number of aromatic nitrogens is 4. The van der Waals surface area contributed by atoms with Crippen molar-refractivity contribution in [2.24, 2.45) is 0 Å². The molecule has 0 radical (unpaired) electrons. The van der Waals surface area contributed by atoms with E-state index in [1.165, 1.54) is 0 Å². The lowest BCUT2D eigenvalue weighted by Gasteiger charge is -2.15. The van der Waals surface area contributed by atoms with Crippen molar-refractivity contribution in [2.75, 3.05) is 20.8 Å². The van der Waals surface area contributed by atoms with Crippen LogP contribution >= 0.6 is 11.3 Å². The zero-order chi connectivity index (χ0) is 12.8. The summed E-state index contributed by atoms with van der Waals surface area (Å²) in [7, 11) is 3.75. The van der Waals surface area contributed by atoms with E-state index in [4.69, 9.17) is 4.74 Å². The predicted octanol–water partition coefficient (Wildman–Crippen LogP) is 1.01. The van der Waals surface area contributed by atoms with E-state index in [9.17, 15) is 0 Å². The fourth-order valence-corrected chi connectivity index (χ4v) is 2.33. The van der Waals surface area contributed by atoms with E-state index in [2.05, 4.69) is 27.1 Å². The number of ether oxygens (including phenoxy) is 1. The standard InChI is InChI=1S/C11H17N5OS/c1-15(8-11-12-3-6-18-11)7-10-14-13-9-16(10)4-5-17-2/h3,6,9H,4-5,7-8H2,1-2H3. The lowest BCUT2D eigenvalue weighted by atomic mass is 10.4. The topological polar surface area (TPSA) is 56.1 Å².